The monoisotopic (exact) mass is 210 g/mol. The van der Waals surface area contributed by atoms with Crippen LogP contribution in [0.4, 0.5) is 5.82 Å². The number of nitrogens with two attached hydrogens (primary N) is 1. The van der Waals surface area contributed by atoms with E-state index in [1.165, 1.54) is 0 Å². The zero-order valence-corrected chi connectivity index (χ0v) is 9.09. The minimum Gasteiger partial charge on any atom is -0.382 e. The SMILES string of the molecule is CC1CN(CCn2ccc(N)n2)CCO1. The molecule has 0 aromatic carbocycles. The van der Waals surface area contributed by atoms with Crippen molar-refractivity contribution in [1.29, 1.82) is 0 Å². The van der Waals surface area contributed by atoms with E-state index in [0.717, 1.165) is 32.8 Å². The number of aromatic nitrogens is 2. The molecule has 1 unspecified atom stereocenters. The van der Waals surface area contributed by atoms with Gasteiger partial charge in [-0.2, -0.15) is 5.10 Å². The minimum absolute atomic E-state index is 0.349. The summed E-state index contributed by atoms with van der Waals surface area (Å²) >= 11 is 0. The normalized spacial score (nSPS) is 23.1. The third-order valence-corrected chi connectivity index (χ3v) is 2.63. The molecule has 2 rings (SSSR count). The lowest BCUT2D eigenvalue weighted by Crippen LogP contribution is -2.42. The van der Waals surface area contributed by atoms with E-state index in [0.29, 0.717) is 11.9 Å². The first kappa shape index (κ1) is 10.4. The second-order valence-corrected chi connectivity index (χ2v) is 3.99. The highest BCUT2D eigenvalue weighted by Crippen LogP contribution is 2.04. The van der Waals surface area contributed by atoms with Crippen LogP contribution in [0.1, 0.15) is 6.92 Å². The van der Waals surface area contributed by atoms with Gasteiger partial charge in [-0.15, -0.1) is 0 Å². The Morgan fingerprint density at radius 3 is 3.13 bits per heavy atom. The minimum atomic E-state index is 0.349. The van der Waals surface area contributed by atoms with Gasteiger partial charge < -0.3 is 10.5 Å². The summed E-state index contributed by atoms with van der Waals surface area (Å²) in [6, 6.07) is 1.82. The third-order valence-electron chi connectivity index (χ3n) is 2.63. The van der Waals surface area contributed by atoms with Crippen LogP contribution in [0.5, 0.6) is 0 Å². The van der Waals surface area contributed by atoms with Gasteiger partial charge in [-0.3, -0.25) is 9.58 Å². The number of hydrogen-bond donors (Lipinski definition) is 1. The summed E-state index contributed by atoms with van der Waals surface area (Å²) < 4.78 is 7.36. The zero-order chi connectivity index (χ0) is 10.7. The number of hydrogen-bond acceptors (Lipinski definition) is 4. The Morgan fingerprint density at radius 2 is 2.47 bits per heavy atom. The van der Waals surface area contributed by atoms with Crippen molar-refractivity contribution in [3.63, 3.8) is 0 Å². The van der Waals surface area contributed by atoms with Crippen LogP contribution in [-0.4, -0.2) is 47.0 Å². The highest BCUT2D eigenvalue weighted by Gasteiger charge is 2.15. The number of nitrogen functional groups attached to an aromatic ring is 1. The molecule has 1 fully saturated rings. The maximum Gasteiger partial charge on any atom is 0.145 e. The Labute approximate surface area is 89.8 Å². The van der Waals surface area contributed by atoms with Crippen molar-refractivity contribution in [2.75, 3.05) is 32.0 Å². The lowest BCUT2D eigenvalue weighted by atomic mass is 10.3. The van der Waals surface area contributed by atoms with Crippen LogP contribution >= 0.6 is 0 Å². The van der Waals surface area contributed by atoms with E-state index in [-0.39, 0.29) is 0 Å². The van der Waals surface area contributed by atoms with Crippen LogP contribution in [0.25, 0.3) is 0 Å². The second-order valence-electron chi connectivity index (χ2n) is 3.99. The fraction of sp³-hybridized carbons (Fsp3) is 0.700. The van der Waals surface area contributed by atoms with Crippen LogP contribution in [-0.2, 0) is 11.3 Å². The second kappa shape index (κ2) is 4.63. The number of nitrogens with zero attached hydrogens (tertiary/aromatic N) is 3. The van der Waals surface area contributed by atoms with E-state index >= 15 is 0 Å². The van der Waals surface area contributed by atoms with Crippen molar-refractivity contribution in [2.24, 2.45) is 0 Å². The lowest BCUT2D eigenvalue weighted by molar-refractivity contribution is -0.0193. The first-order valence-corrected chi connectivity index (χ1v) is 5.37. The van der Waals surface area contributed by atoms with Gasteiger partial charge in [0, 0.05) is 25.8 Å². The topological polar surface area (TPSA) is 56.3 Å². The summed E-state index contributed by atoms with van der Waals surface area (Å²) in [5.74, 6) is 0.588. The highest BCUT2D eigenvalue weighted by atomic mass is 16.5. The molecule has 2 heterocycles. The first-order valence-electron chi connectivity index (χ1n) is 5.37. The maximum absolute atomic E-state index is 5.54. The Balaban J connectivity index is 1.77. The van der Waals surface area contributed by atoms with Gasteiger partial charge in [0.25, 0.3) is 0 Å². The first-order chi connectivity index (χ1) is 7.24. The summed E-state index contributed by atoms with van der Waals surface area (Å²) in [5, 5.41) is 4.15. The molecular formula is C10H18N4O. The Morgan fingerprint density at radius 1 is 1.60 bits per heavy atom. The summed E-state index contributed by atoms with van der Waals surface area (Å²) in [5.41, 5.74) is 5.54. The van der Waals surface area contributed by atoms with Crippen molar-refractivity contribution in [1.82, 2.24) is 14.7 Å². The molecule has 1 atom stereocenters. The van der Waals surface area contributed by atoms with Crippen molar-refractivity contribution >= 4 is 5.82 Å². The molecule has 84 valence electrons. The van der Waals surface area contributed by atoms with E-state index in [1.807, 2.05) is 16.9 Å². The molecule has 0 aliphatic carbocycles. The van der Waals surface area contributed by atoms with Gasteiger partial charge in [-0.1, -0.05) is 0 Å². The predicted octanol–water partition coefficient (Wildman–Crippen LogP) is 0.186. The van der Waals surface area contributed by atoms with E-state index in [9.17, 15) is 0 Å². The van der Waals surface area contributed by atoms with Crippen LogP contribution < -0.4 is 5.73 Å². The van der Waals surface area contributed by atoms with Gasteiger partial charge in [0.15, 0.2) is 0 Å². The van der Waals surface area contributed by atoms with E-state index < -0.39 is 0 Å². The number of morpholine rings is 1. The molecular weight excluding hydrogens is 192 g/mol. The van der Waals surface area contributed by atoms with Gasteiger partial charge in [0.05, 0.1) is 19.3 Å². The van der Waals surface area contributed by atoms with Crippen LogP contribution in [0, 0.1) is 0 Å². The number of rotatable bonds is 3. The molecule has 1 saturated heterocycles. The molecule has 0 saturated carbocycles. The highest BCUT2D eigenvalue weighted by molar-refractivity contribution is 5.23. The summed E-state index contributed by atoms with van der Waals surface area (Å²) in [7, 11) is 0. The van der Waals surface area contributed by atoms with E-state index in [1.54, 1.807) is 0 Å². The van der Waals surface area contributed by atoms with Crippen molar-refractivity contribution in [3.8, 4) is 0 Å². The molecule has 1 aromatic rings. The van der Waals surface area contributed by atoms with Crippen molar-refractivity contribution in [3.05, 3.63) is 12.3 Å². The Bertz CT molecular complexity index is 312. The standard InChI is InChI=1S/C10H18N4O/c1-9-8-13(6-7-15-9)4-5-14-3-2-10(11)12-14/h2-3,9H,4-8H2,1H3,(H2,11,12). The molecule has 15 heavy (non-hydrogen) atoms. The fourth-order valence-corrected chi connectivity index (χ4v) is 1.84. The average molecular weight is 210 g/mol. The zero-order valence-electron chi connectivity index (χ0n) is 9.09. The fourth-order valence-electron chi connectivity index (χ4n) is 1.84. The van der Waals surface area contributed by atoms with E-state index in [2.05, 4.69) is 16.9 Å². The summed E-state index contributed by atoms with van der Waals surface area (Å²) in [6.07, 6.45) is 2.26. The van der Waals surface area contributed by atoms with Crippen LogP contribution in [0.2, 0.25) is 0 Å². The Hall–Kier alpha value is -1.07. The summed E-state index contributed by atoms with van der Waals surface area (Å²) in [4.78, 5) is 2.39. The predicted molar refractivity (Wildman–Crippen MR) is 58.5 cm³/mol. The van der Waals surface area contributed by atoms with Gasteiger partial charge in [-0.25, -0.2) is 0 Å². The van der Waals surface area contributed by atoms with Gasteiger partial charge in [-0.05, 0) is 13.0 Å². The largest absolute Gasteiger partial charge is 0.382 e. The smallest absolute Gasteiger partial charge is 0.145 e. The van der Waals surface area contributed by atoms with Crippen LogP contribution in [0.15, 0.2) is 12.3 Å². The van der Waals surface area contributed by atoms with Crippen molar-refractivity contribution in [2.45, 2.75) is 19.6 Å². The molecule has 0 bridgehead atoms. The molecule has 2 N–H and O–H groups in total. The van der Waals surface area contributed by atoms with Gasteiger partial charge >= 0.3 is 0 Å². The molecule has 5 nitrogen and oxygen atoms in total. The van der Waals surface area contributed by atoms with Gasteiger partial charge in [0.1, 0.15) is 5.82 Å². The van der Waals surface area contributed by atoms with Crippen molar-refractivity contribution < 1.29 is 4.74 Å². The molecule has 0 amide bonds. The molecule has 0 spiro atoms. The molecule has 1 aliphatic rings. The molecule has 1 aliphatic heterocycles. The molecule has 1 aromatic heterocycles. The average Bonchev–Trinajstić information content (AvgIpc) is 2.62. The Kier molecular flexibility index (Phi) is 3.23. The van der Waals surface area contributed by atoms with E-state index in [4.69, 9.17) is 10.5 Å². The molecule has 0 radical (unpaired) electrons. The lowest BCUT2D eigenvalue weighted by Gasteiger charge is -2.30. The summed E-state index contributed by atoms with van der Waals surface area (Å²) in [6.45, 7) is 6.87. The number of anilines is 1. The third kappa shape index (κ3) is 2.94. The number of ether oxygens (including phenoxy) is 1. The maximum atomic E-state index is 5.54. The molecule has 5 heteroatoms. The van der Waals surface area contributed by atoms with Gasteiger partial charge in [0.2, 0.25) is 0 Å². The van der Waals surface area contributed by atoms with Crippen LogP contribution in [0.3, 0.4) is 0 Å². The quantitative estimate of drug-likeness (QED) is 0.773.